The predicted octanol–water partition coefficient (Wildman–Crippen LogP) is 0.659. The number of carbonyl (C=O) groups is 1. The molecule has 0 amide bonds. The summed E-state index contributed by atoms with van der Waals surface area (Å²) in [6.07, 6.45) is 0.768. The van der Waals surface area contributed by atoms with Gasteiger partial charge in [-0.3, -0.25) is 4.79 Å². The van der Waals surface area contributed by atoms with E-state index >= 15 is 0 Å². The Bertz CT molecular complexity index is 647. The fourth-order valence-electron chi connectivity index (χ4n) is 3.26. The third kappa shape index (κ3) is 2.88. The predicted molar refractivity (Wildman–Crippen MR) is 80.1 cm³/mol. The van der Waals surface area contributed by atoms with Gasteiger partial charge in [0.15, 0.2) is 0 Å². The van der Waals surface area contributed by atoms with Crippen LogP contribution >= 0.6 is 0 Å². The van der Waals surface area contributed by atoms with Crippen molar-refractivity contribution in [3.63, 3.8) is 0 Å². The van der Waals surface area contributed by atoms with Crippen molar-refractivity contribution in [1.29, 1.82) is 0 Å². The van der Waals surface area contributed by atoms with Gasteiger partial charge in [-0.1, -0.05) is 24.3 Å². The number of nitrogens with zero attached hydrogens (tertiary/aromatic N) is 1. The topological polar surface area (TPSA) is 83.9 Å². The SMILES string of the molecule is O=C(O)CC1COCCN1S(=O)(=O)C1Cc2ccccc2C1. The number of aliphatic carboxylic acids is 1. The average Bonchev–Trinajstić information content (AvgIpc) is 2.92. The molecule has 7 heteroatoms. The molecular weight excluding hydrogens is 306 g/mol. The Morgan fingerprint density at radius 2 is 1.91 bits per heavy atom. The van der Waals surface area contributed by atoms with Gasteiger partial charge in [-0.05, 0) is 24.0 Å². The van der Waals surface area contributed by atoms with Crippen molar-refractivity contribution in [2.24, 2.45) is 0 Å². The van der Waals surface area contributed by atoms with E-state index in [1.54, 1.807) is 0 Å². The molecule has 0 aromatic heterocycles. The van der Waals surface area contributed by atoms with Crippen LogP contribution in [0.15, 0.2) is 24.3 Å². The van der Waals surface area contributed by atoms with E-state index < -0.39 is 27.3 Å². The molecule has 1 unspecified atom stereocenters. The van der Waals surface area contributed by atoms with Crippen molar-refractivity contribution in [3.05, 3.63) is 35.4 Å². The third-order valence-corrected chi connectivity index (χ3v) is 6.66. The molecule has 0 spiro atoms. The summed E-state index contributed by atoms with van der Waals surface area (Å²) in [5.74, 6) is -1.01. The van der Waals surface area contributed by atoms with Crippen molar-refractivity contribution in [1.82, 2.24) is 4.31 Å². The normalized spacial score (nSPS) is 23.4. The molecule has 120 valence electrons. The molecule has 1 fully saturated rings. The molecule has 1 aromatic rings. The first-order valence-electron chi connectivity index (χ1n) is 7.35. The van der Waals surface area contributed by atoms with Crippen LogP contribution in [0.25, 0.3) is 0 Å². The molecule has 2 aliphatic rings. The van der Waals surface area contributed by atoms with E-state index in [-0.39, 0.29) is 19.6 Å². The van der Waals surface area contributed by atoms with Crippen LogP contribution in [0.5, 0.6) is 0 Å². The summed E-state index contributed by atoms with van der Waals surface area (Å²) in [6, 6.07) is 7.13. The van der Waals surface area contributed by atoms with Crippen LogP contribution < -0.4 is 0 Å². The number of benzene rings is 1. The highest BCUT2D eigenvalue weighted by Gasteiger charge is 2.41. The molecule has 22 heavy (non-hydrogen) atoms. The highest BCUT2D eigenvalue weighted by atomic mass is 32.2. The van der Waals surface area contributed by atoms with Gasteiger partial charge in [-0.15, -0.1) is 0 Å². The minimum Gasteiger partial charge on any atom is -0.481 e. The lowest BCUT2D eigenvalue weighted by Crippen LogP contribution is -2.52. The fourth-order valence-corrected chi connectivity index (χ4v) is 5.30. The summed E-state index contributed by atoms with van der Waals surface area (Å²) >= 11 is 0. The molecule has 0 bridgehead atoms. The molecule has 0 radical (unpaired) electrons. The summed E-state index contributed by atoms with van der Waals surface area (Å²) in [7, 11) is -3.53. The fraction of sp³-hybridized carbons (Fsp3) is 0.533. The van der Waals surface area contributed by atoms with E-state index in [9.17, 15) is 13.2 Å². The molecule has 3 rings (SSSR count). The molecular formula is C15H19NO5S. The van der Waals surface area contributed by atoms with Gasteiger partial charge in [0.1, 0.15) is 0 Å². The molecule has 1 N–H and O–H groups in total. The second-order valence-corrected chi connectivity index (χ2v) is 7.95. The van der Waals surface area contributed by atoms with Gasteiger partial charge < -0.3 is 9.84 Å². The minimum absolute atomic E-state index is 0.144. The van der Waals surface area contributed by atoms with Gasteiger partial charge in [-0.2, -0.15) is 4.31 Å². The first-order valence-corrected chi connectivity index (χ1v) is 8.86. The second kappa shape index (κ2) is 5.98. The summed E-state index contributed by atoms with van der Waals surface area (Å²) in [4.78, 5) is 11.0. The number of carboxylic acids is 1. The molecule has 1 saturated heterocycles. The Morgan fingerprint density at radius 1 is 1.27 bits per heavy atom. The lowest BCUT2D eigenvalue weighted by molar-refractivity contribution is -0.139. The maximum atomic E-state index is 12.9. The number of hydrogen-bond donors (Lipinski definition) is 1. The highest BCUT2D eigenvalue weighted by molar-refractivity contribution is 7.89. The van der Waals surface area contributed by atoms with Gasteiger partial charge in [-0.25, -0.2) is 8.42 Å². The number of sulfonamides is 1. The van der Waals surface area contributed by atoms with Gasteiger partial charge in [0.2, 0.25) is 10.0 Å². The summed E-state index contributed by atoms with van der Waals surface area (Å²) in [6.45, 7) is 0.688. The maximum absolute atomic E-state index is 12.9. The van der Waals surface area contributed by atoms with Crippen molar-refractivity contribution in [2.75, 3.05) is 19.8 Å². The maximum Gasteiger partial charge on any atom is 0.305 e. The van der Waals surface area contributed by atoms with Gasteiger partial charge >= 0.3 is 5.97 Å². The van der Waals surface area contributed by atoms with Crippen LogP contribution in [0.4, 0.5) is 0 Å². The molecule has 1 aliphatic heterocycles. The smallest absolute Gasteiger partial charge is 0.305 e. The monoisotopic (exact) mass is 325 g/mol. The van der Waals surface area contributed by atoms with Crippen LogP contribution in [0.1, 0.15) is 17.5 Å². The molecule has 6 nitrogen and oxygen atoms in total. The molecule has 0 saturated carbocycles. The number of hydrogen-bond acceptors (Lipinski definition) is 4. The Kier molecular flexibility index (Phi) is 4.20. The Balaban J connectivity index is 1.81. The van der Waals surface area contributed by atoms with Crippen LogP contribution in [0.2, 0.25) is 0 Å². The third-order valence-electron chi connectivity index (χ3n) is 4.35. The average molecular weight is 325 g/mol. The minimum atomic E-state index is -3.53. The first kappa shape index (κ1) is 15.5. The van der Waals surface area contributed by atoms with Crippen molar-refractivity contribution < 1.29 is 23.1 Å². The van der Waals surface area contributed by atoms with Crippen molar-refractivity contribution in [2.45, 2.75) is 30.6 Å². The van der Waals surface area contributed by atoms with E-state index in [2.05, 4.69) is 0 Å². The summed E-state index contributed by atoms with van der Waals surface area (Å²) in [5, 5.41) is 8.48. The van der Waals surface area contributed by atoms with Crippen LogP contribution in [-0.2, 0) is 32.4 Å². The van der Waals surface area contributed by atoms with Crippen molar-refractivity contribution in [3.8, 4) is 0 Å². The lowest BCUT2D eigenvalue weighted by Gasteiger charge is -2.35. The van der Waals surface area contributed by atoms with Gasteiger partial charge in [0, 0.05) is 6.54 Å². The quantitative estimate of drug-likeness (QED) is 0.879. The van der Waals surface area contributed by atoms with Crippen LogP contribution in [-0.4, -0.2) is 54.8 Å². The van der Waals surface area contributed by atoms with Gasteiger partial charge in [0.05, 0.1) is 30.9 Å². The largest absolute Gasteiger partial charge is 0.481 e. The molecule has 1 aromatic carbocycles. The number of rotatable bonds is 4. The zero-order valence-corrected chi connectivity index (χ0v) is 13.0. The van der Waals surface area contributed by atoms with Crippen LogP contribution in [0, 0.1) is 0 Å². The number of ether oxygens (including phenoxy) is 1. The second-order valence-electron chi connectivity index (χ2n) is 5.78. The first-order chi connectivity index (χ1) is 10.5. The summed E-state index contributed by atoms with van der Waals surface area (Å²) in [5.41, 5.74) is 2.14. The van der Waals surface area contributed by atoms with E-state index in [0.29, 0.717) is 19.4 Å². The van der Waals surface area contributed by atoms with E-state index in [1.807, 2.05) is 24.3 Å². The zero-order valence-electron chi connectivity index (χ0n) is 12.1. The Labute approximate surface area is 129 Å². The molecule has 1 heterocycles. The van der Waals surface area contributed by atoms with E-state index in [1.165, 1.54) is 4.31 Å². The van der Waals surface area contributed by atoms with E-state index in [0.717, 1.165) is 11.1 Å². The number of morpholine rings is 1. The Morgan fingerprint density at radius 3 is 2.50 bits per heavy atom. The number of carboxylic acid groups (broad SMARTS) is 1. The molecule has 1 aliphatic carbocycles. The van der Waals surface area contributed by atoms with E-state index in [4.69, 9.17) is 9.84 Å². The van der Waals surface area contributed by atoms with Crippen molar-refractivity contribution >= 4 is 16.0 Å². The van der Waals surface area contributed by atoms with Gasteiger partial charge in [0.25, 0.3) is 0 Å². The zero-order chi connectivity index (χ0) is 15.7. The summed E-state index contributed by atoms with van der Waals surface area (Å²) < 4.78 is 32.5. The Hall–Kier alpha value is -1.44. The lowest BCUT2D eigenvalue weighted by atomic mass is 10.1. The molecule has 1 atom stereocenters. The highest BCUT2D eigenvalue weighted by Crippen LogP contribution is 2.30. The van der Waals surface area contributed by atoms with Crippen LogP contribution in [0.3, 0.4) is 0 Å². The standard InChI is InChI=1S/C15H19NO5S/c17-15(18)9-13-10-21-6-5-16(13)22(19,20)14-7-11-3-1-2-4-12(11)8-14/h1-4,13-14H,5-10H2,(H,17,18). The number of fused-ring (bicyclic) bond motifs is 1.